The van der Waals surface area contributed by atoms with Crippen molar-refractivity contribution >= 4 is 5.69 Å². The molecule has 1 rings (SSSR count). The predicted octanol–water partition coefficient (Wildman–Crippen LogP) is 4.14. The molecule has 3 N–H and O–H groups in total. The SMILES string of the molecule is CC.CCC(CCN)Nc1ccc(C#N)c(C(F)(F)F)c1. The number of nitrogens with one attached hydrogen (secondary N) is 1. The van der Waals surface area contributed by atoms with Crippen molar-refractivity contribution in [2.75, 3.05) is 11.9 Å². The second kappa shape index (κ2) is 9.24. The van der Waals surface area contributed by atoms with Gasteiger partial charge < -0.3 is 11.1 Å². The zero-order valence-electron chi connectivity index (χ0n) is 12.6. The third kappa shape index (κ3) is 6.05. The first-order chi connectivity index (χ1) is 9.92. The van der Waals surface area contributed by atoms with Crippen LogP contribution in [0.15, 0.2) is 18.2 Å². The Hall–Kier alpha value is -1.74. The maximum absolute atomic E-state index is 12.8. The summed E-state index contributed by atoms with van der Waals surface area (Å²) < 4.78 is 38.4. The van der Waals surface area contributed by atoms with Crippen LogP contribution in [0.2, 0.25) is 0 Å². The van der Waals surface area contributed by atoms with Gasteiger partial charge in [0.15, 0.2) is 0 Å². The first-order valence-electron chi connectivity index (χ1n) is 7.00. The van der Waals surface area contributed by atoms with Gasteiger partial charge in [-0.3, -0.25) is 0 Å². The summed E-state index contributed by atoms with van der Waals surface area (Å²) in [5.74, 6) is 0. The van der Waals surface area contributed by atoms with E-state index in [-0.39, 0.29) is 11.6 Å². The van der Waals surface area contributed by atoms with E-state index >= 15 is 0 Å². The lowest BCUT2D eigenvalue weighted by molar-refractivity contribution is -0.137. The van der Waals surface area contributed by atoms with Gasteiger partial charge in [-0.25, -0.2) is 0 Å². The predicted molar refractivity (Wildman–Crippen MR) is 78.9 cm³/mol. The fourth-order valence-corrected chi connectivity index (χ4v) is 1.78. The monoisotopic (exact) mass is 301 g/mol. The maximum Gasteiger partial charge on any atom is 0.417 e. The number of halogens is 3. The third-order valence-electron chi connectivity index (χ3n) is 2.82. The maximum atomic E-state index is 12.8. The summed E-state index contributed by atoms with van der Waals surface area (Å²) in [6, 6.07) is 5.21. The Labute approximate surface area is 124 Å². The van der Waals surface area contributed by atoms with Crippen LogP contribution in [0.5, 0.6) is 0 Å². The molecule has 1 aromatic carbocycles. The second-order valence-corrected chi connectivity index (χ2v) is 4.20. The molecule has 0 radical (unpaired) electrons. The largest absolute Gasteiger partial charge is 0.417 e. The van der Waals surface area contributed by atoms with Crippen LogP contribution in [0, 0.1) is 11.3 Å². The molecule has 0 bridgehead atoms. The number of rotatable bonds is 5. The molecule has 0 amide bonds. The van der Waals surface area contributed by atoms with Gasteiger partial charge in [-0.05, 0) is 37.6 Å². The first kappa shape index (κ1) is 19.3. The molecule has 0 aromatic heterocycles. The molecule has 0 fully saturated rings. The van der Waals surface area contributed by atoms with E-state index in [4.69, 9.17) is 11.0 Å². The molecule has 3 nitrogen and oxygen atoms in total. The molecule has 0 aliphatic rings. The Kier molecular flexibility index (Phi) is 8.48. The Bertz CT molecular complexity index is 464. The smallest absolute Gasteiger partial charge is 0.382 e. The molecule has 118 valence electrons. The highest BCUT2D eigenvalue weighted by molar-refractivity contribution is 5.53. The Morgan fingerprint density at radius 2 is 1.95 bits per heavy atom. The number of hydrogen-bond donors (Lipinski definition) is 2. The van der Waals surface area contributed by atoms with Crippen LogP contribution < -0.4 is 11.1 Å². The molecule has 0 aliphatic heterocycles. The molecule has 1 unspecified atom stereocenters. The molecule has 0 saturated heterocycles. The number of nitrogens with zero attached hydrogens (tertiary/aromatic N) is 1. The van der Waals surface area contributed by atoms with Crippen molar-refractivity contribution in [1.29, 1.82) is 5.26 Å². The van der Waals surface area contributed by atoms with Gasteiger partial charge >= 0.3 is 6.18 Å². The summed E-state index contributed by atoms with van der Waals surface area (Å²) in [6.07, 6.45) is -3.09. The summed E-state index contributed by atoms with van der Waals surface area (Å²) in [5.41, 5.74) is 4.51. The van der Waals surface area contributed by atoms with E-state index in [1.54, 1.807) is 6.07 Å². The quantitative estimate of drug-likeness (QED) is 0.859. The van der Waals surface area contributed by atoms with Gasteiger partial charge in [0.25, 0.3) is 0 Å². The van der Waals surface area contributed by atoms with Gasteiger partial charge in [-0.15, -0.1) is 0 Å². The van der Waals surface area contributed by atoms with Crippen molar-refractivity contribution in [3.63, 3.8) is 0 Å². The number of nitriles is 1. The molecule has 1 aromatic rings. The minimum atomic E-state index is -4.53. The van der Waals surface area contributed by atoms with Crippen LogP contribution in [0.25, 0.3) is 0 Å². The van der Waals surface area contributed by atoms with E-state index in [9.17, 15) is 13.2 Å². The third-order valence-corrected chi connectivity index (χ3v) is 2.82. The highest BCUT2D eigenvalue weighted by Gasteiger charge is 2.33. The number of anilines is 1. The highest BCUT2D eigenvalue weighted by atomic mass is 19.4. The van der Waals surface area contributed by atoms with E-state index in [0.29, 0.717) is 18.7 Å². The van der Waals surface area contributed by atoms with Crippen molar-refractivity contribution in [1.82, 2.24) is 0 Å². The van der Waals surface area contributed by atoms with Gasteiger partial charge in [0.1, 0.15) is 0 Å². The van der Waals surface area contributed by atoms with Crippen LogP contribution in [0.4, 0.5) is 18.9 Å². The number of alkyl halides is 3. The van der Waals surface area contributed by atoms with Crippen molar-refractivity contribution < 1.29 is 13.2 Å². The molecule has 0 heterocycles. The Morgan fingerprint density at radius 3 is 2.38 bits per heavy atom. The van der Waals surface area contributed by atoms with Crippen LogP contribution in [-0.2, 0) is 6.18 Å². The lowest BCUT2D eigenvalue weighted by atomic mass is 10.1. The van der Waals surface area contributed by atoms with Gasteiger partial charge in [0.05, 0.1) is 17.2 Å². The van der Waals surface area contributed by atoms with E-state index < -0.39 is 11.7 Å². The first-order valence-corrected chi connectivity index (χ1v) is 7.00. The zero-order valence-corrected chi connectivity index (χ0v) is 12.6. The average molecular weight is 301 g/mol. The molecule has 0 aliphatic carbocycles. The number of benzene rings is 1. The van der Waals surface area contributed by atoms with Gasteiger partial charge in [-0.1, -0.05) is 20.8 Å². The fourth-order valence-electron chi connectivity index (χ4n) is 1.78. The molecule has 21 heavy (non-hydrogen) atoms. The Morgan fingerprint density at radius 1 is 1.33 bits per heavy atom. The van der Waals surface area contributed by atoms with Crippen molar-refractivity contribution in [3.8, 4) is 6.07 Å². The van der Waals surface area contributed by atoms with Gasteiger partial charge in [-0.2, -0.15) is 18.4 Å². The average Bonchev–Trinajstić information content (AvgIpc) is 2.48. The lowest BCUT2D eigenvalue weighted by Gasteiger charge is -2.19. The van der Waals surface area contributed by atoms with Crippen molar-refractivity contribution in [3.05, 3.63) is 29.3 Å². The second-order valence-electron chi connectivity index (χ2n) is 4.20. The molecular weight excluding hydrogens is 279 g/mol. The van der Waals surface area contributed by atoms with Crippen LogP contribution >= 0.6 is 0 Å². The summed E-state index contributed by atoms with van der Waals surface area (Å²) in [5, 5.41) is 11.7. The van der Waals surface area contributed by atoms with E-state index in [1.165, 1.54) is 12.1 Å². The highest BCUT2D eigenvalue weighted by Crippen LogP contribution is 2.33. The summed E-state index contributed by atoms with van der Waals surface area (Å²) >= 11 is 0. The van der Waals surface area contributed by atoms with Crippen LogP contribution in [-0.4, -0.2) is 12.6 Å². The van der Waals surface area contributed by atoms with Crippen LogP contribution in [0.3, 0.4) is 0 Å². The molecule has 1 atom stereocenters. The number of nitrogens with two attached hydrogens (primary N) is 1. The van der Waals surface area contributed by atoms with Crippen molar-refractivity contribution in [2.24, 2.45) is 5.73 Å². The molecule has 6 heteroatoms. The van der Waals surface area contributed by atoms with E-state index in [2.05, 4.69) is 5.32 Å². The van der Waals surface area contributed by atoms with E-state index in [1.807, 2.05) is 20.8 Å². The van der Waals surface area contributed by atoms with Crippen molar-refractivity contribution in [2.45, 2.75) is 45.8 Å². The summed E-state index contributed by atoms with van der Waals surface area (Å²) in [7, 11) is 0. The molecule has 0 spiro atoms. The van der Waals surface area contributed by atoms with Crippen LogP contribution in [0.1, 0.15) is 44.7 Å². The lowest BCUT2D eigenvalue weighted by Crippen LogP contribution is -2.22. The number of hydrogen-bond acceptors (Lipinski definition) is 3. The molecular formula is C15H22F3N3. The summed E-state index contributed by atoms with van der Waals surface area (Å²) in [6.45, 7) is 6.40. The minimum absolute atomic E-state index is 0.0269. The zero-order chi connectivity index (χ0) is 16.5. The topological polar surface area (TPSA) is 61.8 Å². The Balaban J connectivity index is 0.00000191. The normalized spacial score (nSPS) is 11.9. The molecule has 0 saturated carbocycles. The summed E-state index contributed by atoms with van der Waals surface area (Å²) in [4.78, 5) is 0. The van der Waals surface area contributed by atoms with E-state index in [0.717, 1.165) is 12.5 Å². The fraction of sp³-hybridized carbons (Fsp3) is 0.533. The van der Waals surface area contributed by atoms with Gasteiger partial charge in [0.2, 0.25) is 0 Å². The minimum Gasteiger partial charge on any atom is -0.382 e. The van der Waals surface area contributed by atoms with Gasteiger partial charge in [0, 0.05) is 11.7 Å². The standard InChI is InChI=1S/C13H16F3N3.C2H6/c1-2-10(5-6-17)19-11-4-3-9(8-18)12(7-11)13(14,15)16;1-2/h3-4,7,10,19H,2,5-6,17H2,1H3;1-2H3.